The number of hydrogen-bond donors (Lipinski definition) is 1. The second-order valence-electron chi connectivity index (χ2n) is 6.28. The smallest absolute Gasteiger partial charge is 0.236 e. The van der Waals surface area contributed by atoms with Gasteiger partial charge in [-0.15, -0.1) is 0 Å². The Kier molecular flexibility index (Phi) is 5.31. The summed E-state index contributed by atoms with van der Waals surface area (Å²) in [5.74, 6) is -0.253. The number of amides is 2. The minimum atomic E-state index is -3.46. The summed E-state index contributed by atoms with van der Waals surface area (Å²) < 4.78 is 26.3. The number of piperazine rings is 1. The van der Waals surface area contributed by atoms with Crippen LogP contribution < -0.4 is 4.90 Å². The van der Waals surface area contributed by atoms with Crippen LogP contribution in [0, 0.1) is 0 Å². The zero-order valence-corrected chi connectivity index (χ0v) is 14.7. The highest BCUT2D eigenvalue weighted by Gasteiger charge is 2.34. The molecule has 0 atom stereocenters. The predicted molar refractivity (Wildman–Crippen MR) is 92.6 cm³/mol. The van der Waals surface area contributed by atoms with Crippen molar-refractivity contribution in [1.82, 2.24) is 9.21 Å². The van der Waals surface area contributed by atoms with Gasteiger partial charge in [0, 0.05) is 18.2 Å². The van der Waals surface area contributed by atoms with Crippen LogP contribution in [-0.4, -0.2) is 62.3 Å². The molecular formula is C17H22N3O4S+. The first kappa shape index (κ1) is 17.8. The molecule has 0 saturated carbocycles. The first-order valence-electron chi connectivity index (χ1n) is 8.36. The number of nitrogens with one attached hydrogen (secondary N) is 1. The van der Waals surface area contributed by atoms with Crippen molar-refractivity contribution in [2.45, 2.75) is 12.8 Å². The van der Waals surface area contributed by atoms with E-state index in [1.54, 1.807) is 6.08 Å². The Bertz CT molecular complexity index is 752. The number of carbonyl (C=O) groups is 2. The fraction of sp³-hybridized carbons (Fsp3) is 0.412. The lowest BCUT2D eigenvalue weighted by atomic mass is 10.2. The second kappa shape index (κ2) is 7.47. The third-order valence-corrected chi connectivity index (χ3v) is 6.12. The molecular weight excluding hydrogens is 342 g/mol. The monoisotopic (exact) mass is 364 g/mol. The lowest BCUT2D eigenvalue weighted by molar-refractivity contribution is -0.910. The summed E-state index contributed by atoms with van der Waals surface area (Å²) in [7, 11) is -3.46. The summed E-state index contributed by atoms with van der Waals surface area (Å²) in [5, 5.41) is 1.24. The molecule has 8 heteroatoms. The van der Waals surface area contributed by atoms with Crippen LogP contribution in [0.15, 0.2) is 35.7 Å². The van der Waals surface area contributed by atoms with Crippen LogP contribution in [0.25, 0.3) is 6.08 Å². The molecule has 2 heterocycles. The average molecular weight is 364 g/mol. The minimum Gasteiger partial charge on any atom is -0.315 e. The number of rotatable bonds is 5. The van der Waals surface area contributed by atoms with E-state index in [9.17, 15) is 18.0 Å². The van der Waals surface area contributed by atoms with Crippen molar-refractivity contribution in [2.24, 2.45) is 0 Å². The standard InChI is InChI=1S/C17H21N3O4S/c21-16-6-7-17(22)20(16)14-18-9-11-19(12-10-18)25(23,24)13-8-15-4-2-1-3-5-15/h1-5,8,13H,6-7,9-12,14H2/p+1/b13-8+. The zero-order valence-electron chi connectivity index (χ0n) is 13.9. The van der Waals surface area contributed by atoms with Gasteiger partial charge in [-0.2, -0.15) is 4.31 Å². The highest BCUT2D eigenvalue weighted by molar-refractivity contribution is 7.92. The van der Waals surface area contributed by atoms with Gasteiger partial charge in [-0.05, 0) is 11.6 Å². The first-order valence-corrected chi connectivity index (χ1v) is 9.86. The third-order valence-electron chi connectivity index (χ3n) is 4.56. The molecule has 1 aromatic rings. The number of likely N-dealkylation sites (tertiary alicyclic amines) is 1. The average Bonchev–Trinajstić information content (AvgIpc) is 2.93. The number of quaternary nitrogens is 1. The zero-order chi connectivity index (χ0) is 17.9. The Morgan fingerprint density at radius 2 is 1.60 bits per heavy atom. The maximum atomic E-state index is 12.4. The van der Waals surface area contributed by atoms with E-state index in [1.165, 1.54) is 14.6 Å². The molecule has 0 spiro atoms. The molecule has 2 amide bonds. The van der Waals surface area contributed by atoms with E-state index in [0.29, 0.717) is 32.8 Å². The lowest BCUT2D eigenvalue weighted by Crippen LogP contribution is -3.16. The first-order chi connectivity index (χ1) is 12.0. The fourth-order valence-corrected chi connectivity index (χ4v) is 4.25. The summed E-state index contributed by atoms with van der Waals surface area (Å²) in [6.45, 7) is 2.26. The molecule has 0 radical (unpaired) electrons. The molecule has 2 aliphatic rings. The quantitative estimate of drug-likeness (QED) is 0.701. The summed E-state index contributed by atoms with van der Waals surface area (Å²) in [5.41, 5.74) is 0.835. The molecule has 134 valence electrons. The van der Waals surface area contributed by atoms with Crippen LogP contribution in [0.5, 0.6) is 0 Å². The summed E-state index contributed by atoms with van der Waals surface area (Å²) in [6, 6.07) is 9.28. The highest BCUT2D eigenvalue weighted by atomic mass is 32.2. The minimum absolute atomic E-state index is 0.127. The molecule has 0 aromatic heterocycles. The van der Waals surface area contributed by atoms with Gasteiger partial charge in [-0.3, -0.25) is 9.59 Å². The summed E-state index contributed by atoms with van der Waals surface area (Å²) in [6.07, 6.45) is 2.17. The molecule has 0 bridgehead atoms. The molecule has 1 aromatic carbocycles. The molecule has 2 aliphatic heterocycles. The van der Waals surface area contributed by atoms with E-state index in [-0.39, 0.29) is 24.7 Å². The number of imide groups is 1. The van der Waals surface area contributed by atoms with E-state index in [4.69, 9.17) is 0 Å². The van der Waals surface area contributed by atoms with E-state index in [0.717, 1.165) is 10.5 Å². The number of carbonyl (C=O) groups excluding carboxylic acids is 2. The van der Waals surface area contributed by atoms with Gasteiger partial charge in [-0.1, -0.05) is 30.3 Å². The van der Waals surface area contributed by atoms with Gasteiger partial charge in [0.1, 0.15) is 0 Å². The van der Waals surface area contributed by atoms with E-state index < -0.39 is 10.0 Å². The molecule has 7 nitrogen and oxygen atoms in total. The van der Waals surface area contributed by atoms with Crippen molar-refractivity contribution >= 4 is 27.9 Å². The number of benzene rings is 1. The van der Waals surface area contributed by atoms with Crippen molar-refractivity contribution in [2.75, 3.05) is 32.8 Å². The topological polar surface area (TPSA) is 79.2 Å². The lowest BCUT2D eigenvalue weighted by Gasteiger charge is -2.32. The largest absolute Gasteiger partial charge is 0.315 e. The summed E-state index contributed by atoms with van der Waals surface area (Å²) in [4.78, 5) is 25.7. The number of hydrogen-bond acceptors (Lipinski definition) is 4. The van der Waals surface area contributed by atoms with Crippen molar-refractivity contribution < 1.29 is 22.9 Å². The van der Waals surface area contributed by atoms with Crippen molar-refractivity contribution in [3.8, 4) is 0 Å². The predicted octanol–water partition coefficient (Wildman–Crippen LogP) is -0.706. The molecule has 1 N–H and O–H groups in total. The van der Waals surface area contributed by atoms with Crippen LogP contribution >= 0.6 is 0 Å². The van der Waals surface area contributed by atoms with E-state index in [1.807, 2.05) is 30.3 Å². The van der Waals surface area contributed by atoms with Crippen LogP contribution in [0.1, 0.15) is 18.4 Å². The van der Waals surface area contributed by atoms with Crippen molar-refractivity contribution in [1.29, 1.82) is 0 Å². The summed E-state index contributed by atoms with van der Waals surface area (Å²) >= 11 is 0. The fourth-order valence-electron chi connectivity index (χ4n) is 3.05. The van der Waals surface area contributed by atoms with Crippen molar-refractivity contribution in [3.63, 3.8) is 0 Å². The Balaban J connectivity index is 1.55. The Morgan fingerprint density at radius 3 is 2.20 bits per heavy atom. The van der Waals surface area contributed by atoms with Gasteiger partial charge in [0.15, 0.2) is 6.67 Å². The second-order valence-corrected chi connectivity index (χ2v) is 8.10. The van der Waals surface area contributed by atoms with Crippen LogP contribution in [0.3, 0.4) is 0 Å². The molecule has 2 saturated heterocycles. The number of sulfonamides is 1. The highest BCUT2D eigenvalue weighted by Crippen LogP contribution is 2.10. The van der Waals surface area contributed by atoms with Gasteiger partial charge in [0.25, 0.3) is 0 Å². The maximum Gasteiger partial charge on any atom is 0.236 e. The van der Waals surface area contributed by atoms with Gasteiger partial charge in [-0.25, -0.2) is 13.3 Å². The molecule has 0 unspecified atom stereocenters. The number of nitrogens with zero attached hydrogens (tertiary/aromatic N) is 2. The third kappa shape index (κ3) is 4.33. The Morgan fingerprint density at radius 1 is 1.00 bits per heavy atom. The van der Waals surface area contributed by atoms with E-state index >= 15 is 0 Å². The maximum absolute atomic E-state index is 12.4. The van der Waals surface area contributed by atoms with Crippen LogP contribution in [0.4, 0.5) is 0 Å². The van der Waals surface area contributed by atoms with E-state index in [2.05, 4.69) is 0 Å². The Labute approximate surface area is 147 Å². The van der Waals surface area contributed by atoms with Gasteiger partial charge in [0.05, 0.1) is 26.2 Å². The SMILES string of the molecule is O=C1CCC(=O)N1C[NH+]1CCN(S(=O)(=O)/C=C/c2ccccc2)CC1. The van der Waals surface area contributed by atoms with Crippen LogP contribution in [-0.2, 0) is 19.6 Å². The van der Waals surface area contributed by atoms with Gasteiger partial charge in [0.2, 0.25) is 21.8 Å². The molecule has 2 fully saturated rings. The normalized spacial score (nSPS) is 20.7. The van der Waals surface area contributed by atoms with Crippen molar-refractivity contribution in [3.05, 3.63) is 41.3 Å². The molecule has 0 aliphatic carbocycles. The Hall–Kier alpha value is -2.03. The molecule has 25 heavy (non-hydrogen) atoms. The van der Waals surface area contributed by atoms with Gasteiger partial charge < -0.3 is 4.90 Å². The van der Waals surface area contributed by atoms with Crippen LogP contribution in [0.2, 0.25) is 0 Å². The van der Waals surface area contributed by atoms with Gasteiger partial charge >= 0.3 is 0 Å². The molecule has 3 rings (SSSR count).